The number of rotatable bonds is 10. The van der Waals surface area contributed by atoms with Crippen molar-refractivity contribution in [1.82, 2.24) is 15.5 Å². The summed E-state index contributed by atoms with van der Waals surface area (Å²) in [6.07, 6.45) is 1.72. The van der Waals surface area contributed by atoms with Gasteiger partial charge >= 0.3 is 6.09 Å². The predicted octanol–water partition coefficient (Wildman–Crippen LogP) is 4.44. The third-order valence-corrected chi connectivity index (χ3v) is 5.37. The van der Waals surface area contributed by atoms with E-state index >= 15 is 0 Å². The highest BCUT2D eigenvalue weighted by Crippen LogP contribution is 2.26. The molecular formula is C25H41N3O4S. The zero-order valence-corrected chi connectivity index (χ0v) is 22.3. The summed E-state index contributed by atoms with van der Waals surface area (Å²) in [7, 11) is 0. The molecule has 7 nitrogen and oxygen atoms in total. The lowest BCUT2D eigenvalue weighted by molar-refractivity contribution is -0.144. The van der Waals surface area contributed by atoms with Crippen molar-refractivity contribution in [3.05, 3.63) is 35.4 Å². The predicted molar refractivity (Wildman–Crippen MR) is 135 cm³/mol. The second kappa shape index (κ2) is 12.9. The Balaban J connectivity index is 3.40. The number of benzene rings is 1. The van der Waals surface area contributed by atoms with Gasteiger partial charge in [0.2, 0.25) is 11.8 Å². The number of carbonyl (C=O) groups is 3. The lowest BCUT2D eigenvalue weighted by Gasteiger charge is -2.37. The quantitative estimate of drug-likeness (QED) is 0.518. The molecule has 1 aromatic carbocycles. The molecule has 0 aliphatic rings. The van der Waals surface area contributed by atoms with Gasteiger partial charge in [-0.2, -0.15) is 11.8 Å². The van der Waals surface area contributed by atoms with Gasteiger partial charge in [-0.05, 0) is 79.4 Å². The molecule has 33 heavy (non-hydrogen) atoms. The molecule has 1 aromatic rings. The van der Waals surface area contributed by atoms with E-state index in [1.165, 1.54) is 0 Å². The molecule has 0 bridgehead atoms. The maximum atomic E-state index is 13.8. The summed E-state index contributed by atoms with van der Waals surface area (Å²) in [5.41, 5.74) is 1.05. The molecule has 1 rings (SSSR count). The van der Waals surface area contributed by atoms with Gasteiger partial charge in [-0.3, -0.25) is 9.59 Å². The highest BCUT2D eigenvalue weighted by Gasteiger charge is 2.37. The number of hydrogen-bond acceptors (Lipinski definition) is 5. The molecule has 3 amide bonds. The van der Waals surface area contributed by atoms with Crippen LogP contribution in [0.15, 0.2) is 24.3 Å². The molecule has 0 aliphatic carbocycles. The molecule has 0 saturated carbocycles. The van der Waals surface area contributed by atoms with Crippen LogP contribution < -0.4 is 10.6 Å². The number of carbonyl (C=O) groups excluding carboxylic acids is 3. The maximum Gasteiger partial charge on any atom is 0.408 e. The first-order valence-corrected chi connectivity index (χ1v) is 12.8. The molecular weight excluding hydrogens is 438 g/mol. The molecule has 0 fully saturated rings. The number of hydrogen-bond donors (Lipinski definition) is 2. The minimum absolute atomic E-state index is 0.0823. The third-order valence-electron chi connectivity index (χ3n) is 4.73. The number of alkyl carbamates (subject to hydrolysis) is 1. The van der Waals surface area contributed by atoms with Crippen molar-refractivity contribution in [2.75, 3.05) is 12.0 Å². The van der Waals surface area contributed by atoms with Crippen LogP contribution in [0.25, 0.3) is 0 Å². The summed E-state index contributed by atoms with van der Waals surface area (Å²) in [4.78, 5) is 41.3. The molecule has 0 aliphatic heterocycles. The number of thioether (sulfide) groups is 1. The van der Waals surface area contributed by atoms with Crippen LogP contribution >= 0.6 is 11.8 Å². The Morgan fingerprint density at radius 1 is 1.09 bits per heavy atom. The van der Waals surface area contributed by atoms with E-state index in [0.29, 0.717) is 12.2 Å². The number of nitrogens with one attached hydrogen (secondary N) is 2. The molecule has 0 saturated heterocycles. The fraction of sp³-hybridized carbons (Fsp3) is 0.640. The average molecular weight is 480 g/mol. The van der Waals surface area contributed by atoms with E-state index < -0.39 is 23.8 Å². The summed E-state index contributed by atoms with van der Waals surface area (Å²) in [5, 5.41) is 5.70. The standard InChI is InChI=1S/C25H41N3O4S/c1-16(2)26-22(29)21(19-12-10-11-18(5)15-19)28(17(3)4)23(30)20(13-14-33-9)27-24(31)32-25(6,7)8/h10-12,15-17,20-21H,13-14H2,1-9H3,(H,26,29)(H,27,31). The van der Waals surface area contributed by atoms with E-state index in [0.717, 1.165) is 11.1 Å². The largest absolute Gasteiger partial charge is 0.444 e. The third kappa shape index (κ3) is 9.66. The van der Waals surface area contributed by atoms with Gasteiger partial charge in [-0.15, -0.1) is 0 Å². The summed E-state index contributed by atoms with van der Waals surface area (Å²) >= 11 is 1.59. The Bertz CT molecular complexity index is 805. The molecule has 8 heteroatoms. The van der Waals surface area contributed by atoms with Gasteiger partial charge in [0.1, 0.15) is 17.7 Å². The van der Waals surface area contributed by atoms with Crippen LogP contribution in [0, 0.1) is 6.92 Å². The molecule has 0 spiro atoms. The number of nitrogens with zero attached hydrogens (tertiary/aromatic N) is 1. The summed E-state index contributed by atoms with van der Waals surface area (Å²) in [6.45, 7) is 14.8. The van der Waals surface area contributed by atoms with Crippen molar-refractivity contribution >= 4 is 29.7 Å². The topological polar surface area (TPSA) is 87.7 Å². The SMILES string of the molecule is CSCCC(NC(=O)OC(C)(C)C)C(=O)N(C(C)C)C(C(=O)NC(C)C)c1cccc(C)c1. The lowest BCUT2D eigenvalue weighted by atomic mass is 9.99. The van der Waals surface area contributed by atoms with Gasteiger partial charge in [-0.1, -0.05) is 29.8 Å². The van der Waals surface area contributed by atoms with Gasteiger partial charge < -0.3 is 20.3 Å². The van der Waals surface area contributed by atoms with Crippen LogP contribution in [-0.2, 0) is 14.3 Å². The zero-order valence-electron chi connectivity index (χ0n) is 21.5. The van der Waals surface area contributed by atoms with E-state index in [-0.39, 0.29) is 23.9 Å². The molecule has 2 N–H and O–H groups in total. The fourth-order valence-corrected chi connectivity index (χ4v) is 3.92. The van der Waals surface area contributed by atoms with E-state index in [1.54, 1.807) is 37.4 Å². The van der Waals surface area contributed by atoms with E-state index in [4.69, 9.17) is 4.74 Å². The smallest absolute Gasteiger partial charge is 0.408 e. The Labute approximate surface area is 203 Å². The van der Waals surface area contributed by atoms with Crippen LogP contribution in [0.4, 0.5) is 4.79 Å². The van der Waals surface area contributed by atoms with E-state index in [1.807, 2.05) is 65.1 Å². The maximum absolute atomic E-state index is 13.8. The summed E-state index contributed by atoms with van der Waals surface area (Å²) in [5.74, 6) is 0.111. The first kappa shape index (κ1) is 28.8. The van der Waals surface area contributed by atoms with E-state index in [9.17, 15) is 14.4 Å². The van der Waals surface area contributed by atoms with Crippen molar-refractivity contribution in [3.8, 4) is 0 Å². The molecule has 0 radical (unpaired) electrons. The highest BCUT2D eigenvalue weighted by molar-refractivity contribution is 7.98. The normalized spacial score (nSPS) is 13.4. The number of amides is 3. The van der Waals surface area contributed by atoms with Crippen LogP contribution in [0.2, 0.25) is 0 Å². The number of aryl methyl sites for hydroxylation is 1. The Morgan fingerprint density at radius 3 is 2.21 bits per heavy atom. The molecule has 0 aromatic heterocycles. The molecule has 2 unspecified atom stereocenters. The molecule has 2 atom stereocenters. The van der Waals surface area contributed by atoms with Crippen molar-refractivity contribution < 1.29 is 19.1 Å². The van der Waals surface area contributed by atoms with Gasteiger partial charge in [0.05, 0.1) is 0 Å². The van der Waals surface area contributed by atoms with Crippen molar-refractivity contribution in [2.45, 2.75) is 91.6 Å². The Hall–Kier alpha value is -2.22. The lowest BCUT2D eigenvalue weighted by Crippen LogP contribution is -2.55. The van der Waals surface area contributed by atoms with Crippen LogP contribution in [0.3, 0.4) is 0 Å². The Morgan fingerprint density at radius 2 is 1.73 bits per heavy atom. The minimum Gasteiger partial charge on any atom is -0.444 e. The second-order valence-electron chi connectivity index (χ2n) is 9.80. The van der Waals surface area contributed by atoms with Crippen molar-refractivity contribution in [3.63, 3.8) is 0 Å². The van der Waals surface area contributed by atoms with Gasteiger partial charge in [0, 0.05) is 12.1 Å². The first-order chi connectivity index (χ1) is 15.3. The van der Waals surface area contributed by atoms with Crippen molar-refractivity contribution in [1.29, 1.82) is 0 Å². The highest BCUT2D eigenvalue weighted by atomic mass is 32.2. The second-order valence-corrected chi connectivity index (χ2v) is 10.8. The molecule has 0 heterocycles. The Kier molecular flexibility index (Phi) is 11.2. The first-order valence-electron chi connectivity index (χ1n) is 11.4. The van der Waals surface area contributed by atoms with Gasteiger partial charge in [0.25, 0.3) is 0 Å². The zero-order chi connectivity index (χ0) is 25.3. The van der Waals surface area contributed by atoms with Crippen LogP contribution in [-0.4, -0.2) is 58.5 Å². The van der Waals surface area contributed by atoms with Crippen molar-refractivity contribution in [2.24, 2.45) is 0 Å². The number of ether oxygens (including phenoxy) is 1. The summed E-state index contributed by atoms with van der Waals surface area (Å²) < 4.78 is 5.39. The monoisotopic (exact) mass is 479 g/mol. The molecule has 186 valence electrons. The average Bonchev–Trinajstić information content (AvgIpc) is 2.66. The van der Waals surface area contributed by atoms with Crippen LogP contribution in [0.5, 0.6) is 0 Å². The summed E-state index contributed by atoms with van der Waals surface area (Å²) in [6, 6.07) is 5.62. The van der Waals surface area contributed by atoms with Crippen LogP contribution in [0.1, 0.15) is 72.1 Å². The minimum atomic E-state index is -0.822. The van der Waals surface area contributed by atoms with Gasteiger partial charge in [0.15, 0.2) is 0 Å². The van der Waals surface area contributed by atoms with Gasteiger partial charge in [-0.25, -0.2) is 4.79 Å². The fourth-order valence-electron chi connectivity index (χ4n) is 3.44. The van der Waals surface area contributed by atoms with E-state index in [2.05, 4.69) is 10.6 Å².